The zero-order valence-corrected chi connectivity index (χ0v) is 20.6. The van der Waals surface area contributed by atoms with Gasteiger partial charge in [-0.1, -0.05) is 84.9 Å². The van der Waals surface area contributed by atoms with Gasteiger partial charge in [-0.25, -0.2) is 0 Å². The van der Waals surface area contributed by atoms with Crippen molar-refractivity contribution in [3.8, 4) is 0 Å². The highest BCUT2D eigenvalue weighted by atomic mass is 35.5. The number of alkyl halides is 1. The van der Waals surface area contributed by atoms with Crippen molar-refractivity contribution in [2.45, 2.75) is 24.7 Å². The lowest BCUT2D eigenvalue weighted by Gasteiger charge is -2.33. The van der Waals surface area contributed by atoms with Crippen LogP contribution in [0.2, 0.25) is 0 Å². The van der Waals surface area contributed by atoms with E-state index in [1.807, 2.05) is 6.07 Å². The van der Waals surface area contributed by atoms with E-state index in [9.17, 15) is 4.79 Å². The molecule has 0 spiro atoms. The van der Waals surface area contributed by atoms with Crippen LogP contribution in [0.25, 0.3) is 43.2 Å². The molecule has 0 fully saturated rings. The largest absolute Gasteiger partial charge is 0.358 e. The first-order valence-corrected chi connectivity index (χ1v) is 13.2. The molecule has 0 aliphatic heterocycles. The summed E-state index contributed by atoms with van der Waals surface area (Å²) in [6.07, 6.45) is 2.93. The number of hydrogen-bond acceptors (Lipinski definition) is 1. The molecule has 3 atom stereocenters. The van der Waals surface area contributed by atoms with Gasteiger partial charge in [-0.15, -0.1) is 11.6 Å². The van der Waals surface area contributed by atoms with Crippen molar-refractivity contribution in [3.63, 3.8) is 0 Å². The second kappa shape index (κ2) is 8.50. The first kappa shape index (κ1) is 21.6. The SMILES string of the molecule is O=CC1c2c([nH]c3ccccc23)C(Cc2ccc3ccc4c5ccccc5ccc4c3c2)CC1CCl. The van der Waals surface area contributed by atoms with Gasteiger partial charge in [-0.3, -0.25) is 0 Å². The van der Waals surface area contributed by atoms with Crippen LogP contribution in [0, 0.1) is 5.92 Å². The predicted octanol–water partition coefficient (Wildman–Crippen LogP) is 8.50. The summed E-state index contributed by atoms with van der Waals surface area (Å²) < 4.78 is 0. The minimum absolute atomic E-state index is 0.147. The van der Waals surface area contributed by atoms with Crippen LogP contribution in [-0.4, -0.2) is 17.2 Å². The third kappa shape index (κ3) is 3.28. The summed E-state index contributed by atoms with van der Waals surface area (Å²) in [5.74, 6) is 0.779. The quantitative estimate of drug-likeness (QED) is 0.151. The van der Waals surface area contributed by atoms with E-state index in [4.69, 9.17) is 11.6 Å². The molecule has 1 heterocycles. The topological polar surface area (TPSA) is 32.9 Å². The van der Waals surface area contributed by atoms with E-state index in [0.29, 0.717) is 11.8 Å². The number of aromatic amines is 1. The van der Waals surface area contributed by atoms with E-state index in [-0.39, 0.29) is 11.8 Å². The van der Waals surface area contributed by atoms with Gasteiger partial charge in [0.05, 0.1) is 0 Å². The Morgan fingerprint density at radius 2 is 1.47 bits per heavy atom. The zero-order valence-electron chi connectivity index (χ0n) is 19.9. The highest BCUT2D eigenvalue weighted by Crippen LogP contribution is 2.46. The van der Waals surface area contributed by atoms with Crippen molar-refractivity contribution in [1.29, 1.82) is 0 Å². The number of carbonyl (C=O) groups is 1. The number of para-hydroxylation sites is 1. The zero-order chi connectivity index (χ0) is 24.2. The van der Waals surface area contributed by atoms with Crippen LogP contribution in [-0.2, 0) is 11.2 Å². The summed E-state index contributed by atoms with van der Waals surface area (Å²) in [6.45, 7) is 0. The number of fused-ring (bicyclic) bond motifs is 8. The average Bonchev–Trinajstić information content (AvgIpc) is 3.32. The molecule has 5 aromatic carbocycles. The minimum atomic E-state index is -0.154. The average molecular weight is 488 g/mol. The van der Waals surface area contributed by atoms with Gasteiger partial charge in [0.2, 0.25) is 0 Å². The Hall–Kier alpha value is -3.62. The third-order valence-electron chi connectivity index (χ3n) is 8.25. The van der Waals surface area contributed by atoms with Crippen molar-refractivity contribution in [3.05, 3.63) is 108 Å². The predicted molar refractivity (Wildman–Crippen MR) is 151 cm³/mol. The van der Waals surface area contributed by atoms with Gasteiger partial charge < -0.3 is 9.78 Å². The van der Waals surface area contributed by atoms with Gasteiger partial charge in [-0.05, 0) is 68.3 Å². The molecule has 6 aromatic rings. The lowest BCUT2D eigenvalue weighted by molar-refractivity contribution is -0.110. The Kier molecular flexibility index (Phi) is 5.11. The third-order valence-corrected chi connectivity index (χ3v) is 8.64. The lowest BCUT2D eigenvalue weighted by atomic mass is 9.72. The number of nitrogens with one attached hydrogen (secondary N) is 1. The molecule has 7 rings (SSSR count). The molecule has 36 heavy (non-hydrogen) atoms. The van der Waals surface area contributed by atoms with E-state index in [1.54, 1.807) is 0 Å². The summed E-state index contributed by atoms with van der Waals surface area (Å²) in [6, 6.07) is 32.8. The van der Waals surface area contributed by atoms with Crippen molar-refractivity contribution < 1.29 is 4.79 Å². The van der Waals surface area contributed by atoms with E-state index < -0.39 is 0 Å². The van der Waals surface area contributed by atoms with E-state index in [0.717, 1.165) is 35.6 Å². The van der Waals surface area contributed by atoms with Crippen LogP contribution < -0.4 is 0 Å². The minimum Gasteiger partial charge on any atom is -0.358 e. The molecule has 3 heteroatoms. The highest BCUT2D eigenvalue weighted by Gasteiger charge is 2.37. The van der Waals surface area contributed by atoms with Gasteiger partial charge in [0, 0.05) is 34.3 Å². The molecule has 1 aliphatic carbocycles. The Balaban J connectivity index is 1.36. The van der Waals surface area contributed by atoms with Gasteiger partial charge in [0.1, 0.15) is 6.29 Å². The number of aromatic nitrogens is 1. The molecular weight excluding hydrogens is 462 g/mol. The van der Waals surface area contributed by atoms with Crippen LogP contribution in [0.3, 0.4) is 0 Å². The fraction of sp³-hybridized carbons (Fsp3) is 0.182. The summed E-state index contributed by atoms with van der Waals surface area (Å²) in [4.78, 5) is 15.9. The molecular formula is C33H26ClNO. The van der Waals surface area contributed by atoms with Gasteiger partial charge >= 0.3 is 0 Å². The molecule has 0 radical (unpaired) electrons. The molecule has 2 nitrogen and oxygen atoms in total. The number of H-pyrrole nitrogens is 1. The second-order valence-corrected chi connectivity index (χ2v) is 10.5. The second-order valence-electron chi connectivity index (χ2n) is 10.2. The highest BCUT2D eigenvalue weighted by molar-refractivity contribution is 6.18. The molecule has 1 aliphatic rings. The van der Waals surface area contributed by atoms with Crippen molar-refractivity contribution in [1.82, 2.24) is 4.98 Å². The van der Waals surface area contributed by atoms with Crippen LogP contribution in [0.4, 0.5) is 0 Å². The molecule has 1 aromatic heterocycles. The summed E-state index contributed by atoms with van der Waals surface area (Å²) in [7, 11) is 0. The van der Waals surface area contributed by atoms with E-state index >= 15 is 0 Å². The monoisotopic (exact) mass is 487 g/mol. The molecule has 0 saturated heterocycles. The number of aldehydes is 1. The Morgan fingerprint density at radius 1 is 0.778 bits per heavy atom. The van der Waals surface area contributed by atoms with Crippen LogP contribution in [0.1, 0.15) is 35.1 Å². The Morgan fingerprint density at radius 3 is 2.28 bits per heavy atom. The number of hydrogen-bond donors (Lipinski definition) is 1. The van der Waals surface area contributed by atoms with E-state index in [1.165, 1.54) is 43.6 Å². The Labute approximate surface area is 214 Å². The maximum absolute atomic E-state index is 12.2. The standard InChI is InChI=1S/C33H26ClNO/c34-18-24-17-23(33-32(30(24)19-36)28-7-3-4-8-31(28)35-33)15-20-9-10-22-12-13-26-25-6-2-1-5-21(25)11-14-27(26)29(22)16-20/h1-14,16,19,23-24,30,35H,15,17-18H2. The van der Waals surface area contributed by atoms with Crippen LogP contribution in [0.15, 0.2) is 91.0 Å². The van der Waals surface area contributed by atoms with Gasteiger partial charge in [0.15, 0.2) is 0 Å². The first-order chi connectivity index (χ1) is 17.7. The number of halogens is 1. The van der Waals surface area contributed by atoms with Crippen LogP contribution in [0.5, 0.6) is 0 Å². The molecule has 0 amide bonds. The summed E-state index contributed by atoms with van der Waals surface area (Å²) in [5.41, 5.74) is 4.78. The Bertz CT molecular complexity index is 1780. The normalized spacial score (nSPS) is 19.8. The smallest absolute Gasteiger partial charge is 0.127 e. The fourth-order valence-corrected chi connectivity index (χ4v) is 6.85. The van der Waals surface area contributed by atoms with Crippen molar-refractivity contribution in [2.24, 2.45) is 5.92 Å². The van der Waals surface area contributed by atoms with Crippen LogP contribution >= 0.6 is 11.6 Å². The molecule has 0 saturated carbocycles. The van der Waals surface area contributed by atoms with Crippen molar-refractivity contribution in [2.75, 3.05) is 5.88 Å². The van der Waals surface area contributed by atoms with Gasteiger partial charge in [0.25, 0.3) is 0 Å². The maximum Gasteiger partial charge on any atom is 0.127 e. The number of carbonyl (C=O) groups excluding carboxylic acids is 1. The first-order valence-electron chi connectivity index (χ1n) is 12.7. The molecule has 176 valence electrons. The number of benzene rings is 5. The molecule has 0 bridgehead atoms. The lowest BCUT2D eigenvalue weighted by Crippen LogP contribution is -2.26. The molecule has 1 N–H and O–H groups in total. The molecule has 3 unspecified atom stereocenters. The van der Waals surface area contributed by atoms with Gasteiger partial charge in [-0.2, -0.15) is 0 Å². The van der Waals surface area contributed by atoms with E-state index in [2.05, 4.69) is 89.9 Å². The van der Waals surface area contributed by atoms with Crippen molar-refractivity contribution >= 4 is 61.1 Å². The summed E-state index contributed by atoms with van der Waals surface area (Å²) in [5, 5.41) is 8.86. The maximum atomic E-state index is 12.2. The number of rotatable bonds is 4. The summed E-state index contributed by atoms with van der Waals surface area (Å²) >= 11 is 6.43. The fourth-order valence-electron chi connectivity index (χ4n) is 6.53.